The lowest BCUT2D eigenvalue weighted by Crippen LogP contribution is -2.32. The molecule has 0 bridgehead atoms. The van der Waals surface area contributed by atoms with Crippen LogP contribution >= 0.6 is 0 Å². The van der Waals surface area contributed by atoms with Gasteiger partial charge in [0.25, 0.3) is 0 Å². The van der Waals surface area contributed by atoms with Gasteiger partial charge in [-0.25, -0.2) is 14.4 Å². The Bertz CT molecular complexity index is 692. The minimum absolute atomic E-state index is 0.0573. The van der Waals surface area contributed by atoms with Crippen LogP contribution in [0.3, 0.4) is 0 Å². The van der Waals surface area contributed by atoms with Crippen LogP contribution in [0.15, 0.2) is 42.9 Å². The predicted octanol–water partition coefficient (Wildman–Crippen LogP) is 3.55. The first-order valence-corrected chi connectivity index (χ1v) is 8.43. The van der Waals surface area contributed by atoms with Gasteiger partial charge in [0.15, 0.2) is 0 Å². The van der Waals surface area contributed by atoms with Gasteiger partial charge in [-0.3, -0.25) is 4.79 Å². The molecule has 0 spiro atoms. The number of carbonyl (C=O) groups excluding carboxylic acids is 1. The summed E-state index contributed by atoms with van der Waals surface area (Å²) < 4.78 is 13.3. The lowest BCUT2D eigenvalue weighted by molar-refractivity contribution is -0.133. The maximum Gasteiger partial charge on any atom is 0.223 e. The van der Waals surface area contributed by atoms with Crippen LogP contribution in [0.25, 0.3) is 0 Å². The van der Waals surface area contributed by atoms with E-state index in [0.29, 0.717) is 12.8 Å². The summed E-state index contributed by atoms with van der Waals surface area (Å²) in [7, 11) is 0. The van der Waals surface area contributed by atoms with Crippen molar-refractivity contribution in [2.24, 2.45) is 5.92 Å². The molecule has 3 rings (SSSR count). The summed E-state index contributed by atoms with van der Waals surface area (Å²) in [5, 5.41) is 0. The minimum Gasteiger partial charge on any atom is -0.334 e. The summed E-state index contributed by atoms with van der Waals surface area (Å²) in [6, 6.07) is 8.54. The average molecular weight is 327 g/mol. The van der Waals surface area contributed by atoms with Crippen molar-refractivity contribution < 1.29 is 9.18 Å². The molecule has 2 heterocycles. The standard InChI is InChI=1S/C19H22FN3O/c1-14(10-15-4-2-5-16(20)12-15)11-19(24)23-9-3-6-18(23)17-7-8-21-13-22-17/h2,4-5,7-8,12-14,18H,3,6,9-11H2,1H3. The van der Waals surface area contributed by atoms with E-state index in [1.54, 1.807) is 18.3 Å². The number of halogens is 1. The van der Waals surface area contributed by atoms with Gasteiger partial charge in [-0.1, -0.05) is 19.1 Å². The zero-order chi connectivity index (χ0) is 16.9. The highest BCUT2D eigenvalue weighted by Crippen LogP contribution is 2.31. The summed E-state index contributed by atoms with van der Waals surface area (Å²) in [5.74, 6) is 0.0976. The third kappa shape index (κ3) is 3.96. The highest BCUT2D eigenvalue weighted by atomic mass is 19.1. The topological polar surface area (TPSA) is 46.1 Å². The summed E-state index contributed by atoms with van der Waals surface area (Å²) in [4.78, 5) is 22.9. The van der Waals surface area contributed by atoms with Crippen molar-refractivity contribution in [1.29, 1.82) is 0 Å². The molecule has 1 aromatic heterocycles. The van der Waals surface area contributed by atoms with Gasteiger partial charge in [0.1, 0.15) is 12.1 Å². The number of hydrogen-bond acceptors (Lipinski definition) is 3. The molecule has 126 valence electrons. The maximum absolute atomic E-state index is 13.3. The largest absolute Gasteiger partial charge is 0.334 e. The molecular weight excluding hydrogens is 305 g/mol. The molecule has 1 aliphatic heterocycles. The van der Waals surface area contributed by atoms with E-state index >= 15 is 0 Å². The van der Waals surface area contributed by atoms with E-state index in [2.05, 4.69) is 9.97 Å². The first-order valence-electron chi connectivity index (χ1n) is 8.43. The molecule has 1 aliphatic rings. The smallest absolute Gasteiger partial charge is 0.223 e. The van der Waals surface area contributed by atoms with Gasteiger partial charge in [-0.2, -0.15) is 0 Å². The normalized spacial score (nSPS) is 18.6. The molecule has 4 nitrogen and oxygen atoms in total. The first-order chi connectivity index (χ1) is 11.6. The van der Waals surface area contributed by atoms with E-state index in [1.165, 1.54) is 12.4 Å². The van der Waals surface area contributed by atoms with Crippen LogP contribution in [-0.4, -0.2) is 27.3 Å². The Morgan fingerprint density at radius 1 is 1.42 bits per heavy atom. The number of benzene rings is 1. The Hall–Kier alpha value is -2.30. The van der Waals surface area contributed by atoms with Crippen molar-refractivity contribution in [2.45, 2.75) is 38.6 Å². The molecule has 0 saturated carbocycles. The third-order valence-electron chi connectivity index (χ3n) is 4.52. The molecule has 0 radical (unpaired) electrons. The summed E-state index contributed by atoms with van der Waals surface area (Å²) >= 11 is 0. The lowest BCUT2D eigenvalue weighted by Gasteiger charge is -2.25. The van der Waals surface area contributed by atoms with E-state index in [-0.39, 0.29) is 23.7 Å². The number of rotatable bonds is 5. The van der Waals surface area contributed by atoms with E-state index in [1.807, 2.05) is 24.0 Å². The molecule has 0 N–H and O–H groups in total. The second-order valence-corrected chi connectivity index (χ2v) is 6.52. The predicted molar refractivity (Wildman–Crippen MR) is 89.6 cm³/mol. The highest BCUT2D eigenvalue weighted by Gasteiger charge is 2.31. The average Bonchev–Trinajstić information content (AvgIpc) is 3.05. The van der Waals surface area contributed by atoms with Gasteiger partial charge in [-0.15, -0.1) is 0 Å². The second kappa shape index (κ2) is 7.51. The SMILES string of the molecule is CC(CC(=O)N1CCCC1c1ccncn1)Cc1cccc(F)c1. The molecular formula is C19H22FN3O. The molecule has 24 heavy (non-hydrogen) atoms. The molecule has 1 saturated heterocycles. The number of aromatic nitrogens is 2. The van der Waals surface area contributed by atoms with Crippen molar-refractivity contribution in [2.75, 3.05) is 6.54 Å². The zero-order valence-electron chi connectivity index (χ0n) is 13.9. The monoisotopic (exact) mass is 327 g/mol. The van der Waals surface area contributed by atoms with Gasteiger partial charge in [-0.05, 0) is 48.9 Å². The van der Waals surface area contributed by atoms with E-state index < -0.39 is 0 Å². The van der Waals surface area contributed by atoms with Crippen LogP contribution in [0.5, 0.6) is 0 Å². The van der Waals surface area contributed by atoms with Crippen LogP contribution < -0.4 is 0 Å². The minimum atomic E-state index is -0.227. The van der Waals surface area contributed by atoms with Crippen LogP contribution in [0.4, 0.5) is 4.39 Å². The van der Waals surface area contributed by atoms with E-state index in [0.717, 1.165) is 30.6 Å². The molecule has 1 fully saturated rings. The quantitative estimate of drug-likeness (QED) is 0.844. The fourth-order valence-corrected chi connectivity index (χ4v) is 3.42. The van der Waals surface area contributed by atoms with Crippen molar-refractivity contribution >= 4 is 5.91 Å². The Morgan fingerprint density at radius 3 is 3.04 bits per heavy atom. The fraction of sp³-hybridized carbons (Fsp3) is 0.421. The maximum atomic E-state index is 13.3. The van der Waals surface area contributed by atoms with Crippen LogP contribution in [0, 0.1) is 11.7 Å². The number of amides is 1. The van der Waals surface area contributed by atoms with E-state index in [4.69, 9.17) is 0 Å². The molecule has 2 atom stereocenters. The van der Waals surface area contributed by atoms with Crippen molar-refractivity contribution in [3.05, 3.63) is 59.9 Å². The van der Waals surface area contributed by atoms with Crippen LogP contribution in [0.1, 0.15) is 43.5 Å². The lowest BCUT2D eigenvalue weighted by atomic mass is 9.97. The second-order valence-electron chi connectivity index (χ2n) is 6.52. The molecule has 2 aromatic rings. The molecule has 1 aromatic carbocycles. The number of hydrogen-bond donors (Lipinski definition) is 0. The Kier molecular flexibility index (Phi) is 5.18. The van der Waals surface area contributed by atoms with Crippen LogP contribution in [-0.2, 0) is 11.2 Å². The first kappa shape index (κ1) is 16.6. The summed E-state index contributed by atoms with van der Waals surface area (Å²) in [6.45, 7) is 2.82. The van der Waals surface area contributed by atoms with E-state index in [9.17, 15) is 9.18 Å². The molecule has 5 heteroatoms. The zero-order valence-corrected chi connectivity index (χ0v) is 13.9. The van der Waals surface area contributed by atoms with Crippen molar-refractivity contribution in [3.8, 4) is 0 Å². The van der Waals surface area contributed by atoms with Gasteiger partial charge in [0.2, 0.25) is 5.91 Å². The van der Waals surface area contributed by atoms with Crippen molar-refractivity contribution in [3.63, 3.8) is 0 Å². The van der Waals surface area contributed by atoms with Gasteiger partial charge in [0.05, 0.1) is 11.7 Å². The third-order valence-corrected chi connectivity index (χ3v) is 4.52. The number of likely N-dealkylation sites (tertiary alicyclic amines) is 1. The fourth-order valence-electron chi connectivity index (χ4n) is 3.42. The molecule has 1 amide bonds. The Balaban J connectivity index is 1.61. The Labute approximate surface area is 141 Å². The van der Waals surface area contributed by atoms with Gasteiger partial charge < -0.3 is 4.90 Å². The number of nitrogens with zero attached hydrogens (tertiary/aromatic N) is 3. The molecule has 2 unspecified atom stereocenters. The summed E-state index contributed by atoms with van der Waals surface area (Å²) in [6.07, 6.45) is 6.37. The van der Waals surface area contributed by atoms with Crippen molar-refractivity contribution in [1.82, 2.24) is 14.9 Å². The molecule has 0 aliphatic carbocycles. The Morgan fingerprint density at radius 2 is 2.29 bits per heavy atom. The number of carbonyl (C=O) groups is 1. The highest BCUT2D eigenvalue weighted by molar-refractivity contribution is 5.77. The summed E-state index contributed by atoms with van der Waals surface area (Å²) in [5.41, 5.74) is 1.85. The van der Waals surface area contributed by atoms with Gasteiger partial charge in [0, 0.05) is 19.2 Å². The van der Waals surface area contributed by atoms with Crippen LogP contribution in [0.2, 0.25) is 0 Å². The van der Waals surface area contributed by atoms with Gasteiger partial charge >= 0.3 is 0 Å².